The quantitative estimate of drug-likeness (QED) is 0.744. The van der Waals surface area contributed by atoms with Crippen molar-refractivity contribution >= 4 is 28.9 Å². The zero-order valence-corrected chi connectivity index (χ0v) is 10.6. The highest BCUT2D eigenvalue weighted by Crippen LogP contribution is 2.28. The number of hydrogen-bond donors (Lipinski definition) is 0. The zero-order chi connectivity index (χ0) is 10.8. The second kappa shape index (κ2) is 4.45. The molecule has 1 aromatic heterocycles. The Bertz CT molecular complexity index is 325. The lowest BCUT2D eigenvalue weighted by molar-refractivity contribution is 0.102. The van der Waals surface area contributed by atoms with Crippen LogP contribution in [0, 0.1) is 0 Å². The van der Waals surface area contributed by atoms with Crippen molar-refractivity contribution in [3.63, 3.8) is 0 Å². The topological polar surface area (TPSA) is 30.0 Å². The highest BCUT2D eigenvalue weighted by Gasteiger charge is 2.12. The summed E-state index contributed by atoms with van der Waals surface area (Å²) < 4.78 is 0.252. The molecule has 0 fully saturated rings. The standard InChI is InChI=1S/C10H15NOS2/c1-7(12)8-5-11-9(14-8)6-13-10(2,3)4/h5H,6H2,1-4H3. The number of rotatable bonds is 3. The SMILES string of the molecule is CC(=O)c1cnc(CSC(C)(C)C)s1. The minimum atomic E-state index is 0.106. The predicted molar refractivity (Wildman–Crippen MR) is 63.2 cm³/mol. The molecule has 78 valence electrons. The van der Waals surface area contributed by atoms with Crippen LogP contribution in [0.25, 0.3) is 0 Å². The van der Waals surface area contributed by atoms with Gasteiger partial charge in [0.2, 0.25) is 0 Å². The minimum absolute atomic E-state index is 0.106. The number of thioether (sulfide) groups is 1. The molecule has 0 aliphatic carbocycles. The van der Waals surface area contributed by atoms with E-state index in [0.29, 0.717) is 0 Å². The molecule has 0 radical (unpaired) electrons. The molecule has 0 saturated carbocycles. The predicted octanol–water partition coefficient (Wildman–Crippen LogP) is 3.38. The summed E-state index contributed by atoms with van der Waals surface area (Å²) in [5, 5.41) is 1.04. The molecule has 0 unspecified atom stereocenters. The molecule has 0 saturated heterocycles. The highest BCUT2D eigenvalue weighted by molar-refractivity contribution is 7.99. The van der Waals surface area contributed by atoms with Crippen molar-refractivity contribution in [3.8, 4) is 0 Å². The summed E-state index contributed by atoms with van der Waals surface area (Å²) in [6.45, 7) is 8.11. The Balaban J connectivity index is 2.56. The van der Waals surface area contributed by atoms with E-state index in [1.165, 1.54) is 11.3 Å². The molecule has 0 aromatic carbocycles. The third kappa shape index (κ3) is 3.80. The number of thiazole rings is 1. The van der Waals surface area contributed by atoms with Gasteiger partial charge in [-0.25, -0.2) is 4.98 Å². The van der Waals surface area contributed by atoms with Gasteiger partial charge >= 0.3 is 0 Å². The molecular weight excluding hydrogens is 214 g/mol. The number of nitrogens with zero attached hydrogens (tertiary/aromatic N) is 1. The normalized spacial score (nSPS) is 11.7. The van der Waals surface area contributed by atoms with Gasteiger partial charge in [-0.3, -0.25) is 4.79 Å². The molecule has 0 amide bonds. The van der Waals surface area contributed by atoms with Gasteiger partial charge in [0.15, 0.2) is 5.78 Å². The fourth-order valence-corrected chi connectivity index (χ4v) is 2.47. The molecule has 2 nitrogen and oxygen atoms in total. The third-order valence-electron chi connectivity index (χ3n) is 1.53. The Morgan fingerprint density at radius 3 is 2.64 bits per heavy atom. The third-order valence-corrected chi connectivity index (χ3v) is 4.09. The van der Waals surface area contributed by atoms with Crippen LogP contribution < -0.4 is 0 Å². The summed E-state index contributed by atoms with van der Waals surface area (Å²) in [4.78, 5) is 16.0. The lowest BCUT2D eigenvalue weighted by atomic mass is 10.3. The fraction of sp³-hybridized carbons (Fsp3) is 0.600. The van der Waals surface area contributed by atoms with E-state index >= 15 is 0 Å². The lowest BCUT2D eigenvalue weighted by Crippen LogP contribution is -2.07. The molecule has 1 rings (SSSR count). The molecule has 0 aliphatic rings. The van der Waals surface area contributed by atoms with Crippen LogP contribution in [-0.2, 0) is 5.75 Å². The number of Topliss-reactive ketones (excluding diaryl/α,β-unsaturated/α-hetero) is 1. The van der Waals surface area contributed by atoms with Gasteiger partial charge in [0.05, 0.1) is 4.88 Å². The number of carbonyl (C=O) groups excluding carboxylic acids is 1. The molecule has 1 heterocycles. The van der Waals surface area contributed by atoms with Crippen molar-refractivity contribution in [2.24, 2.45) is 0 Å². The first-order valence-corrected chi connectivity index (χ1v) is 6.28. The monoisotopic (exact) mass is 229 g/mol. The van der Waals surface area contributed by atoms with Gasteiger partial charge in [-0.15, -0.1) is 23.1 Å². The first-order valence-electron chi connectivity index (χ1n) is 4.48. The van der Waals surface area contributed by atoms with Crippen molar-refractivity contribution in [1.82, 2.24) is 4.98 Å². The zero-order valence-electron chi connectivity index (χ0n) is 8.96. The van der Waals surface area contributed by atoms with Crippen LogP contribution in [0.3, 0.4) is 0 Å². The summed E-state index contributed by atoms with van der Waals surface area (Å²) in [5.74, 6) is 0.996. The Morgan fingerprint density at radius 2 is 2.21 bits per heavy atom. The average molecular weight is 229 g/mol. The van der Waals surface area contributed by atoms with Crippen molar-refractivity contribution in [3.05, 3.63) is 16.1 Å². The average Bonchev–Trinajstić information content (AvgIpc) is 2.47. The maximum atomic E-state index is 11.0. The minimum Gasteiger partial charge on any atom is -0.294 e. The summed E-state index contributed by atoms with van der Waals surface area (Å²) in [5.41, 5.74) is 0. The molecule has 0 atom stereocenters. The largest absolute Gasteiger partial charge is 0.294 e. The van der Waals surface area contributed by atoms with Gasteiger partial charge in [-0.2, -0.15) is 0 Å². The molecule has 14 heavy (non-hydrogen) atoms. The van der Waals surface area contributed by atoms with E-state index in [4.69, 9.17) is 0 Å². The Hall–Kier alpha value is -0.350. The molecule has 0 aliphatic heterocycles. The van der Waals surface area contributed by atoms with Crippen molar-refractivity contribution in [1.29, 1.82) is 0 Å². The van der Waals surface area contributed by atoms with Crippen molar-refractivity contribution in [2.75, 3.05) is 0 Å². The lowest BCUT2D eigenvalue weighted by Gasteiger charge is -2.15. The second-order valence-electron chi connectivity index (χ2n) is 4.08. The second-order valence-corrected chi connectivity index (χ2v) is 6.99. The van der Waals surface area contributed by atoms with Crippen LogP contribution in [0.4, 0.5) is 0 Å². The molecule has 0 N–H and O–H groups in total. The maximum Gasteiger partial charge on any atom is 0.171 e. The van der Waals surface area contributed by atoms with E-state index in [2.05, 4.69) is 25.8 Å². The van der Waals surface area contributed by atoms with Crippen LogP contribution in [0.1, 0.15) is 42.4 Å². The van der Waals surface area contributed by atoms with Crippen LogP contribution in [-0.4, -0.2) is 15.5 Å². The maximum absolute atomic E-state index is 11.0. The van der Waals surface area contributed by atoms with Crippen LogP contribution in [0.5, 0.6) is 0 Å². The number of carbonyl (C=O) groups is 1. The van der Waals surface area contributed by atoms with E-state index in [1.54, 1.807) is 13.1 Å². The number of ketones is 1. The highest BCUT2D eigenvalue weighted by atomic mass is 32.2. The molecule has 0 bridgehead atoms. The van der Waals surface area contributed by atoms with E-state index in [-0.39, 0.29) is 10.5 Å². The van der Waals surface area contributed by atoms with E-state index in [9.17, 15) is 4.79 Å². The van der Waals surface area contributed by atoms with Gasteiger partial charge in [0, 0.05) is 23.6 Å². The summed E-state index contributed by atoms with van der Waals surface area (Å²) in [6.07, 6.45) is 1.67. The van der Waals surface area contributed by atoms with E-state index in [1.807, 2.05) is 11.8 Å². The summed E-state index contributed by atoms with van der Waals surface area (Å²) in [6, 6.07) is 0. The van der Waals surface area contributed by atoms with E-state index in [0.717, 1.165) is 15.6 Å². The molecule has 1 aromatic rings. The fourth-order valence-electron chi connectivity index (χ4n) is 0.818. The van der Waals surface area contributed by atoms with Gasteiger partial charge in [-0.1, -0.05) is 20.8 Å². The molecular formula is C10H15NOS2. The van der Waals surface area contributed by atoms with Gasteiger partial charge < -0.3 is 0 Å². The first-order chi connectivity index (χ1) is 6.38. The van der Waals surface area contributed by atoms with Crippen LogP contribution >= 0.6 is 23.1 Å². The first kappa shape index (κ1) is 11.7. The molecule has 4 heteroatoms. The number of aromatic nitrogens is 1. The Labute approximate surface area is 93.1 Å². The Morgan fingerprint density at radius 1 is 1.57 bits per heavy atom. The smallest absolute Gasteiger partial charge is 0.171 e. The van der Waals surface area contributed by atoms with Gasteiger partial charge in [-0.05, 0) is 0 Å². The summed E-state index contributed by atoms with van der Waals surface area (Å²) >= 11 is 3.35. The number of hydrogen-bond acceptors (Lipinski definition) is 4. The molecule has 0 spiro atoms. The van der Waals surface area contributed by atoms with Crippen LogP contribution in [0.2, 0.25) is 0 Å². The van der Waals surface area contributed by atoms with Crippen molar-refractivity contribution < 1.29 is 4.79 Å². The summed E-state index contributed by atoms with van der Waals surface area (Å²) in [7, 11) is 0. The van der Waals surface area contributed by atoms with Gasteiger partial charge in [0.1, 0.15) is 5.01 Å². The van der Waals surface area contributed by atoms with E-state index < -0.39 is 0 Å². The van der Waals surface area contributed by atoms with Gasteiger partial charge in [0.25, 0.3) is 0 Å². The van der Waals surface area contributed by atoms with Crippen LogP contribution in [0.15, 0.2) is 6.20 Å². The Kier molecular flexibility index (Phi) is 3.72. The van der Waals surface area contributed by atoms with Crippen molar-refractivity contribution in [2.45, 2.75) is 38.2 Å².